The summed E-state index contributed by atoms with van der Waals surface area (Å²) in [7, 11) is 0. The predicted molar refractivity (Wildman–Crippen MR) is 91.9 cm³/mol. The maximum absolute atomic E-state index is 12.5. The van der Waals surface area contributed by atoms with E-state index < -0.39 is 0 Å². The average molecular weight is 333 g/mol. The van der Waals surface area contributed by atoms with Gasteiger partial charge in [-0.3, -0.25) is 9.48 Å². The monoisotopic (exact) mass is 332 g/mol. The smallest absolute Gasteiger partial charge is 0.255 e. The van der Waals surface area contributed by atoms with E-state index in [0.717, 1.165) is 38.2 Å². The number of anilines is 1. The van der Waals surface area contributed by atoms with E-state index in [1.807, 2.05) is 34.1 Å². The van der Waals surface area contributed by atoms with Crippen LogP contribution in [-0.4, -0.2) is 39.7 Å². The Labute approximate surface area is 141 Å². The van der Waals surface area contributed by atoms with Crippen LogP contribution in [0.4, 0.5) is 5.69 Å². The summed E-state index contributed by atoms with van der Waals surface area (Å²) in [6, 6.07) is 7.60. The summed E-state index contributed by atoms with van der Waals surface area (Å²) < 4.78 is 1.90. The van der Waals surface area contributed by atoms with E-state index in [9.17, 15) is 4.79 Å². The second kappa shape index (κ2) is 7.04. The number of nitrogens with zero attached hydrogens (tertiary/aromatic N) is 3. The van der Waals surface area contributed by atoms with Gasteiger partial charge in [-0.1, -0.05) is 23.7 Å². The number of carbonyl (C=O) groups excluding carboxylic acids is 1. The van der Waals surface area contributed by atoms with Crippen molar-refractivity contribution in [1.29, 1.82) is 0 Å². The molecule has 1 saturated heterocycles. The lowest BCUT2D eigenvalue weighted by Crippen LogP contribution is -2.42. The maximum atomic E-state index is 12.5. The Hall–Kier alpha value is -2.01. The fourth-order valence-corrected chi connectivity index (χ4v) is 3.10. The number of carbonyl (C=O) groups is 1. The molecule has 1 N–H and O–H groups in total. The van der Waals surface area contributed by atoms with Crippen LogP contribution in [0.5, 0.6) is 0 Å². The van der Waals surface area contributed by atoms with Gasteiger partial charge in [-0.05, 0) is 31.9 Å². The van der Waals surface area contributed by atoms with E-state index in [4.69, 9.17) is 11.6 Å². The molecule has 5 nitrogen and oxygen atoms in total. The fraction of sp³-hybridized carbons (Fsp3) is 0.412. The Morgan fingerprint density at radius 1 is 1.35 bits per heavy atom. The van der Waals surface area contributed by atoms with Crippen LogP contribution in [0.15, 0.2) is 36.7 Å². The first kappa shape index (κ1) is 15.9. The van der Waals surface area contributed by atoms with Gasteiger partial charge in [0.1, 0.15) is 0 Å². The molecule has 6 heteroatoms. The summed E-state index contributed by atoms with van der Waals surface area (Å²) in [5.74, 6) is 0.0212. The van der Waals surface area contributed by atoms with Crippen molar-refractivity contribution in [3.05, 3.63) is 47.2 Å². The molecule has 0 spiro atoms. The number of nitrogens with one attached hydrogen (secondary N) is 1. The van der Waals surface area contributed by atoms with Gasteiger partial charge in [-0.2, -0.15) is 5.10 Å². The van der Waals surface area contributed by atoms with Crippen LogP contribution >= 0.6 is 11.6 Å². The molecule has 0 radical (unpaired) electrons. The van der Waals surface area contributed by atoms with Gasteiger partial charge in [0.05, 0.1) is 22.5 Å². The third-order valence-electron chi connectivity index (χ3n) is 4.21. The molecule has 2 heterocycles. The van der Waals surface area contributed by atoms with Gasteiger partial charge in [-0.15, -0.1) is 0 Å². The summed E-state index contributed by atoms with van der Waals surface area (Å²) in [6.07, 6.45) is 5.72. The van der Waals surface area contributed by atoms with Crippen molar-refractivity contribution in [3.63, 3.8) is 0 Å². The van der Waals surface area contributed by atoms with Gasteiger partial charge < -0.3 is 10.2 Å². The van der Waals surface area contributed by atoms with Crippen molar-refractivity contribution in [2.75, 3.05) is 18.4 Å². The largest absolute Gasteiger partial charge is 0.380 e. The molecule has 0 atom stereocenters. The van der Waals surface area contributed by atoms with E-state index in [1.165, 1.54) is 0 Å². The lowest BCUT2D eigenvalue weighted by molar-refractivity contribution is 0.0718. The van der Waals surface area contributed by atoms with E-state index in [2.05, 4.69) is 17.3 Å². The molecule has 122 valence electrons. The van der Waals surface area contributed by atoms with Crippen LogP contribution < -0.4 is 5.32 Å². The Morgan fingerprint density at radius 2 is 2.09 bits per heavy atom. The third-order valence-corrected chi connectivity index (χ3v) is 4.54. The molecule has 23 heavy (non-hydrogen) atoms. The molecule has 0 aliphatic carbocycles. The normalized spacial score (nSPS) is 15.7. The molecule has 1 aromatic carbocycles. The summed E-state index contributed by atoms with van der Waals surface area (Å²) >= 11 is 6.12. The van der Waals surface area contributed by atoms with Gasteiger partial charge >= 0.3 is 0 Å². The minimum absolute atomic E-state index is 0.0212. The van der Waals surface area contributed by atoms with Gasteiger partial charge in [0.2, 0.25) is 0 Å². The van der Waals surface area contributed by atoms with Crippen LogP contribution in [0.25, 0.3) is 0 Å². The Morgan fingerprint density at radius 3 is 2.74 bits per heavy atom. The van der Waals surface area contributed by atoms with Crippen molar-refractivity contribution in [2.24, 2.45) is 0 Å². The summed E-state index contributed by atoms with van der Waals surface area (Å²) in [4.78, 5) is 14.4. The Kier molecular flexibility index (Phi) is 4.86. The van der Waals surface area contributed by atoms with Crippen molar-refractivity contribution in [2.45, 2.75) is 32.4 Å². The second-order valence-corrected chi connectivity index (χ2v) is 6.18. The number of amides is 1. The number of aromatic nitrogens is 2. The van der Waals surface area contributed by atoms with Crippen LogP contribution in [-0.2, 0) is 6.54 Å². The van der Waals surface area contributed by atoms with Crippen molar-refractivity contribution in [3.8, 4) is 0 Å². The first-order valence-corrected chi connectivity index (χ1v) is 8.38. The third kappa shape index (κ3) is 3.67. The minimum atomic E-state index is 0.0212. The second-order valence-electron chi connectivity index (χ2n) is 5.78. The Bertz CT molecular complexity index is 677. The van der Waals surface area contributed by atoms with Crippen molar-refractivity contribution >= 4 is 23.2 Å². The molecular formula is C17H21ClN4O. The van der Waals surface area contributed by atoms with Crippen LogP contribution in [0.3, 0.4) is 0 Å². The topological polar surface area (TPSA) is 50.2 Å². The minimum Gasteiger partial charge on any atom is -0.380 e. The van der Waals surface area contributed by atoms with Gasteiger partial charge in [0.15, 0.2) is 0 Å². The molecule has 3 rings (SSSR count). The number of aryl methyl sites for hydroxylation is 1. The van der Waals surface area contributed by atoms with E-state index in [-0.39, 0.29) is 5.91 Å². The average Bonchev–Trinajstić information content (AvgIpc) is 3.03. The van der Waals surface area contributed by atoms with Gasteiger partial charge in [0, 0.05) is 31.9 Å². The van der Waals surface area contributed by atoms with Gasteiger partial charge in [0.25, 0.3) is 5.91 Å². The maximum Gasteiger partial charge on any atom is 0.255 e. The zero-order chi connectivity index (χ0) is 16.2. The summed E-state index contributed by atoms with van der Waals surface area (Å²) in [5.41, 5.74) is 1.63. The molecular weight excluding hydrogens is 312 g/mol. The standard InChI is InChI=1S/C17H21ClN4O/c1-2-22-12-14(11-19-22)20-13-7-9-21(10-8-13)17(23)15-5-3-4-6-16(15)18/h3-6,11-13,20H,2,7-10H2,1H3. The first-order chi connectivity index (χ1) is 11.2. The van der Waals surface area contributed by atoms with Crippen molar-refractivity contribution < 1.29 is 4.79 Å². The highest BCUT2D eigenvalue weighted by molar-refractivity contribution is 6.33. The molecule has 0 bridgehead atoms. The molecule has 1 amide bonds. The number of benzene rings is 1. The number of halogens is 1. The number of rotatable bonds is 4. The Balaban J connectivity index is 1.56. The van der Waals surface area contributed by atoms with Crippen LogP contribution in [0, 0.1) is 0 Å². The van der Waals surface area contributed by atoms with E-state index in [1.54, 1.807) is 12.1 Å². The highest BCUT2D eigenvalue weighted by Crippen LogP contribution is 2.21. The molecule has 2 aromatic rings. The quantitative estimate of drug-likeness (QED) is 0.934. The summed E-state index contributed by atoms with van der Waals surface area (Å²) in [6.45, 7) is 4.41. The number of likely N-dealkylation sites (tertiary alicyclic amines) is 1. The highest BCUT2D eigenvalue weighted by Gasteiger charge is 2.24. The number of hydrogen-bond acceptors (Lipinski definition) is 3. The predicted octanol–water partition coefficient (Wildman–Crippen LogP) is 3.27. The molecule has 1 aromatic heterocycles. The van der Waals surface area contributed by atoms with E-state index in [0.29, 0.717) is 16.6 Å². The number of hydrogen-bond donors (Lipinski definition) is 1. The lowest BCUT2D eigenvalue weighted by Gasteiger charge is -2.32. The fourth-order valence-electron chi connectivity index (χ4n) is 2.88. The molecule has 1 fully saturated rings. The molecule has 1 aliphatic rings. The van der Waals surface area contributed by atoms with Gasteiger partial charge in [-0.25, -0.2) is 0 Å². The van der Waals surface area contributed by atoms with Crippen molar-refractivity contribution in [1.82, 2.24) is 14.7 Å². The zero-order valence-electron chi connectivity index (χ0n) is 13.2. The SMILES string of the molecule is CCn1cc(NC2CCN(C(=O)c3ccccc3Cl)CC2)cn1. The zero-order valence-corrected chi connectivity index (χ0v) is 14.0. The molecule has 0 unspecified atom stereocenters. The van der Waals surface area contributed by atoms with Crippen LogP contribution in [0.1, 0.15) is 30.1 Å². The summed E-state index contributed by atoms with van der Waals surface area (Å²) in [5, 5.41) is 8.28. The van der Waals surface area contributed by atoms with Crippen LogP contribution in [0.2, 0.25) is 5.02 Å². The lowest BCUT2D eigenvalue weighted by atomic mass is 10.0. The highest BCUT2D eigenvalue weighted by atomic mass is 35.5. The molecule has 1 aliphatic heterocycles. The first-order valence-electron chi connectivity index (χ1n) is 8.00. The molecule has 0 saturated carbocycles. The van der Waals surface area contributed by atoms with E-state index >= 15 is 0 Å². The number of piperidine rings is 1.